The number of aliphatic carboxylic acids is 1. The zero-order chi connectivity index (χ0) is 15.9. The van der Waals surface area contributed by atoms with Gasteiger partial charge < -0.3 is 10.4 Å². The molecule has 0 aromatic heterocycles. The van der Waals surface area contributed by atoms with Gasteiger partial charge in [0.2, 0.25) is 5.91 Å². The number of Topliss-reactive ketones (excluding diaryl/α,β-unsaturated/α-hetero) is 1. The van der Waals surface area contributed by atoms with Crippen LogP contribution in [0.25, 0.3) is 0 Å². The third-order valence-electron chi connectivity index (χ3n) is 4.21. The van der Waals surface area contributed by atoms with Crippen molar-refractivity contribution in [3.05, 3.63) is 0 Å². The molecule has 1 saturated carbocycles. The van der Waals surface area contributed by atoms with E-state index in [0.717, 1.165) is 25.7 Å². The lowest BCUT2D eigenvalue weighted by atomic mass is 9.77. The maximum absolute atomic E-state index is 11.7. The topological polar surface area (TPSA) is 107 Å². The normalized spacial score (nSPS) is 18.9. The van der Waals surface area contributed by atoms with E-state index in [1.165, 1.54) is 6.92 Å². The largest absolute Gasteiger partial charge is 0.481 e. The van der Waals surface area contributed by atoms with Crippen molar-refractivity contribution in [1.29, 1.82) is 5.26 Å². The van der Waals surface area contributed by atoms with E-state index in [1.807, 2.05) is 0 Å². The SMILES string of the molecule is CC(=O)C(C#N)C(=O)NCCC1(C(=O)O)CCCCCC1. The number of carbonyl (C=O) groups excluding carboxylic acids is 2. The van der Waals surface area contributed by atoms with Gasteiger partial charge in [0.1, 0.15) is 0 Å². The molecule has 1 aliphatic carbocycles. The molecule has 0 saturated heterocycles. The summed E-state index contributed by atoms with van der Waals surface area (Å²) >= 11 is 0. The summed E-state index contributed by atoms with van der Waals surface area (Å²) in [6.07, 6.45) is 5.43. The van der Waals surface area contributed by atoms with Crippen LogP contribution in [0.5, 0.6) is 0 Å². The van der Waals surface area contributed by atoms with E-state index in [0.29, 0.717) is 19.3 Å². The molecule has 0 bridgehead atoms. The monoisotopic (exact) mass is 294 g/mol. The second-order valence-corrected chi connectivity index (χ2v) is 5.71. The molecule has 6 heteroatoms. The summed E-state index contributed by atoms with van der Waals surface area (Å²) in [6.45, 7) is 1.37. The van der Waals surface area contributed by atoms with Gasteiger partial charge in [-0.05, 0) is 26.2 Å². The average Bonchev–Trinajstić information content (AvgIpc) is 2.65. The molecule has 0 aromatic carbocycles. The van der Waals surface area contributed by atoms with Gasteiger partial charge in [0.05, 0.1) is 11.5 Å². The molecule has 1 rings (SSSR count). The first kappa shape index (κ1) is 17.2. The Balaban J connectivity index is 2.59. The number of hydrogen-bond donors (Lipinski definition) is 2. The van der Waals surface area contributed by atoms with Crippen molar-refractivity contribution in [2.24, 2.45) is 11.3 Å². The van der Waals surface area contributed by atoms with E-state index in [9.17, 15) is 19.5 Å². The summed E-state index contributed by atoms with van der Waals surface area (Å²) in [5, 5.41) is 20.8. The molecule has 1 atom stereocenters. The Morgan fingerprint density at radius 3 is 2.24 bits per heavy atom. The highest BCUT2D eigenvalue weighted by Crippen LogP contribution is 2.38. The molecule has 1 fully saturated rings. The zero-order valence-electron chi connectivity index (χ0n) is 12.4. The zero-order valence-corrected chi connectivity index (χ0v) is 12.4. The van der Waals surface area contributed by atoms with Crippen LogP contribution in [0, 0.1) is 22.7 Å². The highest BCUT2D eigenvalue weighted by molar-refractivity contribution is 6.02. The van der Waals surface area contributed by atoms with Gasteiger partial charge in [-0.3, -0.25) is 14.4 Å². The van der Waals surface area contributed by atoms with E-state index in [4.69, 9.17) is 5.26 Å². The highest BCUT2D eigenvalue weighted by Gasteiger charge is 2.38. The molecule has 0 aromatic rings. The predicted molar refractivity (Wildman–Crippen MR) is 75.2 cm³/mol. The van der Waals surface area contributed by atoms with Gasteiger partial charge in [-0.2, -0.15) is 5.26 Å². The smallest absolute Gasteiger partial charge is 0.309 e. The van der Waals surface area contributed by atoms with Crippen molar-refractivity contribution in [3.8, 4) is 6.07 Å². The first-order valence-electron chi connectivity index (χ1n) is 7.34. The van der Waals surface area contributed by atoms with Crippen molar-refractivity contribution in [3.63, 3.8) is 0 Å². The van der Waals surface area contributed by atoms with Crippen molar-refractivity contribution >= 4 is 17.7 Å². The van der Waals surface area contributed by atoms with Gasteiger partial charge >= 0.3 is 5.97 Å². The Bertz CT molecular complexity index is 445. The summed E-state index contributed by atoms with van der Waals surface area (Å²) in [5.74, 6) is -3.27. The number of nitrogens with one attached hydrogen (secondary N) is 1. The van der Waals surface area contributed by atoms with E-state index < -0.39 is 29.0 Å². The van der Waals surface area contributed by atoms with Crippen molar-refractivity contribution < 1.29 is 19.5 Å². The molecule has 2 N–H and O–H groups in total. The fourth-order valence-electron chi connectivity index (χ4n) is 2.84. The van der Waals surface area contributed by atoms with Crippen LogP contribution in [-0.2, 0) is 14.4 Å². The number of nitriles is 1. The van der Waals surface area contributed by atoms with Crippen molar-refractivity contribution in [1.82, 2.24) is 5.32 Å². The van der Waals surface area contributed by atoms with E-state index in [2.05, 4.69) is 5.32 Å². The molecule has 6 nitrogen and oxygen atoms in total. The van der Waals surface area contributed by atoms with E-state index in [1.54, 1.807) is 6.07 Å². The Morgan fingerprint density at radius 2 is 1.81 bits per heavy atom. The number of rotatable bonds is 6. The molecule has 1 aliphatic rings. The minimum atomic E-state index is -1.31. The molecule has 116 valence electrons. The quantitative estimate of drug-likeness (QED) is 0.572. The maximum Gasteiger partial charge on any atom is 0.309 e. The molecule has 1 amide bonds. The Labute approximate surface area is 124 Å². The first-order chi connectivity index (χ1) is 9.93. The predicted octanol–water partition coefficient (Wildman–Crippen LogP) is 1.65. The van der Waals surface area contributed by atoms with Gasteiger partial charge in [0, 0.05) is 6.54 Å². The standard InChI is InChI=1S/C15H22N2O4/c1-11(18)12(10-16)13(19)17-9-8-15(14(20)21)6-4-2-3-5-7-15/h12H,2-9H2,1H3,(H,17,19)(H,20,21). The van der Waals surface area contributed by atoms with E-state index >= 15 is 0 Å². The summed E-state index contributed by atoms with van der Waals surface area (Å²) in [6, 6.07) is 1.65. The van der Waals surface area contributed by atoms with Crippen LogP contribution in [0.1, 0.15) is 51.9 Å². The third-order valence-corrected chi connectivity index (χ3v) is 4.21. The Hall–Kier alpha value is -1.90. The summed E-state index contributed by atoms with van der Waals surface area (Å²) in [5.41, 5.74) is -0.790. The van der Waals surface area contributed by atoms with Crippen LogP contribution in [0.4, 0.5) is 0 Å². The van der Waals surface area contributed by atoms with Gasteiger partial charge in [-0.15, -0.1) is 0 Å². The number of carboxylic acids is 1. The maximum atomic E-state index is 11.7. The lowest BCUT2D eigenvalue weighted by molar-refractivity contribution is -0.150. The average molecular weight is 294 g/mol. The van der Waals surface area contributed by atoms with E-state index in [-0.39, 0.29) is 6.54 Å². The summed E-state index contributed by atoms with van der Waals surface area (Å²) in [4.78, 5) is 34.4. The summed E-state index contributed by atoms with van der Waals surface area (Å²) in [7, 11) is 0. The van der Waals surface area contributed by atoms with Gasteiger partial charge in [-0.1, -0.05) is 25.7 Å². The highest BCUT2D eigenvalue weighted by atomic mass is 16.4. The van der Waals surface area contributed by atoms with Gasteiger partial charge in [-0.25, -0.2) is 0 Å². The minimum absolute atomic E-state index is 0.177. The molecule has 1 unspecified atom stereocenters. The number of ketones is 1. The van der Waals surface area contributed by atoms with Crippen molar-refractivity contribution in [2.75, 3.05) is 6.54 Å². The van der Waals surface area contributed by atoms with Crippen LogP contribution < -0.4 is 5.32 Å². The fraction of sp³-hybridized carbons (Fsp3) is 0.733. The van der Waals surface area contributed by atoms with Crippen LogP contribution in [0.15, 0.2) is 0 Å². The summed E-state index contributed by atoms with van der Waals surface area (Å²) < 4.78 is 0. The molecular weight excluding hydrogens is 272 g/mol. The molecule has 0 radical (unpaired) electrons. The molecule has 0 spiro atoms. The van der Waals surface area contributed by atoms with Gasteiger partial charge in [0.15, 0.2) is 11.7 Å². The van der Waals surface area contributed by atoms with Crippen LogP contribution in [0.2, 0.25) is 0 Å². The number of amides is 1. The number of nitrogens with zero attached hydrogens (tertiary/aromatic N) is 1. The van der Waals surface area contributed by atoms with Gasteiger partial charge in [0.25, 0.3) is 0 Å². The second-order valence-electron chi connectivity index (χ2n) is 5.71. The van der Waals surface area contributed by atoms with Crippen LogP contribution in [-0.4, -0.2) is 29.3 Å². The molecular formula is C15H22N2O4. The third kappa shape index (κ3) is 4.55. The van der Waals surface area contributed by atoms with Crippen molar-refractivity contribution in [2.45, 2.75) is 51.9 Å². The lowest BCUT2D eigenvalue weighted by Crippen LogP contribution is -2.39. The lowest BCUT2D eigenvalue weighted by Gasteiger charge is -2.28. The van der Waals surface area contributed by atoms with Crippen LogP contribution >= 0.6 is 0 Å². The Kier molecular flexibility index (Phi) is 6.35. The molecule has 21 heavy (non-hydrogen) atoms. The fourth-order valence-corrected chi connectivity index (χ4v) is 2.84. The number of carboxylic acid groups (broad SMARTS) is 1. The minimum Gasteiger partial charge on any atom is -0.481 e. The Morgan fingerprint density at radius 1 is 1.24 bits per heavy atom. The van der Waals surface area contributed by atoms with Crippen LogP contribution in [0.3, 0.4) is 0 Å². The number of hydrogen-bond acceptors (Lipinski definition) is 4. The molecule has 0 aliphatic heterocycles. The second kappa shape index (κ2) is 7.77. The number of carbonyl (C=O) groups is 3. The molecule has 0 heterocycles. The first-order valence-corrected chi connectivity index (χ1v) is 7.34.